The second-order valence-corrected chi connectivity index (χ2v) is 7.22. The maximum atomic E-state index is 13.1. The SMILES string of the molecule is Cc1ccc2c(c1)CN(C(=O)c1cccc(OCC(F)F)n1)C(C)(C)C2. The first-order chi connectivity index (χ1) is 12.3. The van der Waals surface area contributed by atoms with Crippen molar-refractivity contribution in [3.63, 3.8) is 0 Å². The van der Waals surface area contributed by atoms with Crippen molar-refractivity contribution >= 4 is 5.91 Å². The van der Waals surface area contributed by atoms with Crippen LogP contribution in [0, 0.1) is 6.92 Å². The number of rotatable bonds is 4. The molecule has 0 saturated carbocycles. The Bertz CT molecular complexity index is 821. The van der Waals surface area contributed by atoms with Crippen LogP contribution >= 0.6 is 0 Å². The van der Waals surface area contributed by atoms with E-state index in [1.165, 1.54) is 11.6 Å². The van der Waals surface area contributed by atoms with Gasteiger partial charge < -0.3 is 9.64 Å². The van der Waals surface area contributed by atoms with Crippen LogP contribution in [0.4, 0.5) is 8.78 Å². The van der Waals surface area contributed by atoms with Crippen molar-refractivity contribution in [2.75, 3.05) is 6.61 Å². The number of alkyl halides is 2. The molecule has 0 radical (unpaired) electrons. The topological polar surface area (TPSA) is 42.4 Å². The van der Waals surface area contributed by atoms with Crippen molar-refractivity contribution in [3.05, 3.63) is 58.8 Å². The second kappa shape index (κ2) is 7.02. The van der Waals surface area contributed by atoms with Gasteiger partial charge in [-0.3, -0.25) is 4.79 Å². The molecule has 4 nitrogen and oxygen atoms in total. The summed E-state index contributed by atoms with van der Waals surface area (Å²) in [5, 5.41) is 0. The van der Waals surface area contributed by atoms with Gasteiger partial charge in [-0.15, -0.1) is 0 Å². The fraction of sp³-hybridized carbons (Fsp3) is 0.400. The highest BCUT2D eigenvalue weighted by atomic mass is 19.3. The quantitative estimate of drug-likeness (QED) is 0.827. The standard InChI is InChI=1S/C20H22F2N2O2/c1-13-7-8-14-10-20(2,3)24(11-15(14)9-13)19(25)16-5-4-6-18(23-16)26-12-17(21)22/h4-9,17H,10-12H2,1-3H3. The summed E-state index contributed by atoms with van der Waals surface area (Å²) in [6.07, 6.45) is -1.84. The minimum atomic E-state index is -2.59. The van der Waals surface area contributed by atoms with Crippen molar-refractivity contribution in [3.8, 4) is 5.88 Å². The van der Waals surface area contributed by atoms with Gasteiger partial charge in [0.15, 0.2) is 6.61 Å². The molecule has 0 unspecified atom stereocenters. The van der Waals surface area contributed by atoms with Crippen LogP contribution in [0.3, 0.4) is 0 Å². The summed E-state index contributed by atoms with van der Waals surface area (Å²) >= 11 is 0. The number of ether oxygens (including phenoxy) is 1. The Balaban J connectivity index is 1.86. The Labute approximate surface area is 151 Å². The van der Waals surface area contributed by atoms with Crippen molar-refractivity contribution in [1.29, 1.82) is 0 Å². The molecule has 0 bridgehead atoms. The predicted molar refractivity (Wildman–Crippen MR) is 94.6 cm³/mol. The molecule has 1 aromatic heterocycles. The van der Waals surface area contributed by atoms with Gasteiger partial charge in [0.05, 0.1) is 0 Å². The zero-order chi connectivity index (χ0) is 18.9. The maximum Gasteiger partial charge on any atom is 0.273 e. The molecule has 0 saturated heterocycles. The lowest BCUT2D eigenvalue weighted by Gasteiger charge is -2.43. The van der Waals surface area contributed by atoms with Crippen molar-refractivity contribution < 1.29 is 18.3 Å². The fourth-order valence-electron chi connectivity index (χ4n) is 3.27. The van der Waals surface area contributed by atoms with E-state index in [0.29, 0.717) is 6.54 Å². The predicted octanol–water partition coefficient (Wildman–Crippen LogP) is 4.01. The van der Waals surface area contributed by atoms with Crippen LogP contribution in [0.2, 0.25) is 0 Å². The highest BCUT2D eigenvalue weighted by Gasteiger charge is 2.36. The molecule has 26 heavy (non-hydrogen) atoms. The van der Waals surface area contributed by atoms with Gasteiger partial charge in [-0.25, -0.2) is 13.8 Å². The summed E-state index contributed by atoms with van der Waals surface area (Å²) in [5.41, 5.74) is 3.34. The van der Waals surface area contributed by atoms with Crippen molar-refractivity contribution in [2.45, 2.75) is 45.7 Å². The van der Waals surface area contributed by atoms with Crippen LogP contribution in [0.25, 0.3) is 0 Å². The Morgan fingerprint density at radius 1 is 1.27 bits per heavy atom. The third-order valence-corrected chi connectivity index (χ3v) is 4.59. The van der Waals surface area contributed by atoms with E-state index in [0.717, 1.165) is 17.5 Å². The molecule has 1 aliphatic heterocycles. The Morgan fingerprint density at radius 3 is 2.77 bits per heavy atom. The van der Waals surface area contributed by atoms with Crippen molar-refractivity contribution in [1.82, 2.24) is 9.88 Å². The molecular weight excluding hydrogens is 338 g/mol. The molecule has 2 aromatic rings. The number of halogens is 2. The number of pyridine rings is 1. The summed E-state index contributed by atoms with van der Waals surface area (Å²) in [7, 11) is 0. The lowest BCUT2D eigenvalue weighted by Crippen LogP contribution is -2.51. The van der Waals surface area contributed by atoms with Gasteiger partial charge in [-0.2, -0.15) is 0 Å². The molecule has 0 aliphatic carbocycles. The molecule has 1 amide bonds. The van der Waals surface area contributed by atoms with Gasteiger partial charge in [-0.05, 0) is 44.4 Å². The molecule has 6 heteroatoms. The number of fused-ring (bicyclic) bond motifs is 1. The lowest BCUT2D eigenvalue weighted by molar-refractivity contribution is 0.0479. The number of hydrogen-bond acceptors (Lipinski definition) is 3. The zero-order valence-electron chi connectivity index (χ0n) is 15.1. The Hall–Kier alpha value is -2.50. The number of amides is 1. The number of aromatic nitrogens is 1. The summed E-state index contributed by atoms with van der Waals surface area (Å²) < 4.78 is 29.6. The maximum absolute atomic E-state index is 13.1. The third kappa shape index (κ3) is 3.84. The molecule has 0 fully saturated rings. The van der Waals surface area contributed by atoms with Crippen LogP contribution < -0.4 is 4.74 Å². The third-order valence-electron chi connectivity index (χ3n) is 4.59. The highest BCUT2D eigenvalue weighted by molar-refractivity contribution is 5.93. The van der Waals surface area contributed by atoms with Crippen LogP contribution in [-0.4, -0.2) is 34.4 Å². The summed E-state index contributed by atoms with van der Waals surface area (Å²) in [5.74, 6) is -0.202. The number of carbonyl (C=O) groups is 1. The number of nitrogens with zero attached hydrogens (tertiary/aromatic N) is 2. The molecular formula is C20H22F2N2O2. The van der Waals surface area contributed by atoms with E-state index in [4.69, 9.17) is 4.74 Å². The minimum Gasteiger partial charge on any atom is -0.472 e. The molecule has 1 aliphatic rings. The smallest absolute Gasteiger partial charge is 0.273 e. The van der Waals surface area contributed by atoms with Crippen molar-refractivity contribution in [2.24, 2.45) is 0 Å². The van der Waals surface area contributed by atoms with E-state index < -0.39 is 13.0 Å². The first-order valence-corrected chi connectivity index (χ1v) is 8.54. The van der Waals surface area contributed by atoms with Crippen LogP contribution in [0.5, 0.6) is 5.88 Å². The highest BCUT2D eigenvalue weighted by Crippen LogP contribution is 2.32. The number of benzene rings is 1. The van der Waals surface area contributed by atoms with E-state index in [9.17, 15) is 13.6 Å². The van der Waals surface area contributed by atoms with Crippen LogP contribution in [0.15, 0.2) is 36.4 Å². The molecule has 138 valence electrons. The van der Waals surface area contributed by atoms with E-state index >= 15 is 0 Å². The minimum absolute atomic E-state index is 0.0298. The Morgan fingerprint density at radius 2 is 2.04 bits per heavy atom. The molecule has 2 heterocycles. The van der Waals surface area contributed by atoms with E-state index in [1.54, 1.807) is 17.0 Å². The first kappa shape index (κ1) is 18.3. The summed E-state index contributed by atoms with van der Waals surface area (Å²) in [6.45, 7) is 5.81. The molecule has 1 aromatic carbocycles. The van der Waals surface area contributed by atoms with Gasteiger partial charge in [0.2, 0.25) is 5.88 Å². The van der Waals surface area contributed by atoms with E-state index in [-0.39, 0.29) is 23.0 Å². The lowest BCUT2D eigenvalue weighted by atomic mass is 9.84. The van der Waals surface area contributed by atoms with Gasteiger partial charge >= 0.3 is 0 Å². The monoisotopic (exact) mass is 360 g/mol. The summed E-state index contributed by atoms with van der Waals surface area (Å²) in [4.78, 5) is 19.0. The molecule has 0 spiro atoms. The van der Waals surface area contributed by atoms with Gasteiger partial charge in [0.1, 0.15) is 5.69 Å². The zero-order valence-corrected chi connectivity index (χ0v) is 15.1. The molecule has 0 N–H and O–H groups in total. The van der Waals surface area contributed by atoms with E-state index in [2.05, 4.69) is 23.2 Å². The van der Waals surface area contributed by atoms with E-state index in [1.807, 2.05) is 20.8 Å². The van der Waals surface area contributed by atoms with Gasteiger partial charge in [0, 0.05) is 18.2 Å². The fourth-order valence-corrected chi connectivity index (χ4v) is 3.27. The van der Waals surface area contributed by atoms with Crippen LogP contribution in [0.1, 0.15) is 41.0 Å². The average Bonchev–Trinajstić information content (AvgIpc) is 2.59. The average molecular weight is 360 g/mol. The van der Waals surface area contributed by atoms with Gasteiger partial charge in [-0.1, -0.05) is 29.8 Å². The summed E-state index contributed by atoms with van der Waals surface area (Å²) in [6, 6.07) is 10.9. The molecule has 3 rings (SSSR count). The number of hydrogen-bond donors (Lipinski definition) is 0. The van der Waals surface area contributed by atoms with Crippen LogP contribution in [-0.2, 0) is 13.0 Å². The first-order valence-electron chi connectivity index (χ1n) is 8.54. The second-order valence-electron chi connectivity index (χ2n) is 7.22. The Kier molecular flexibility index (Phi) is 4.94. The number of carbonyl (C=O) groups excluding carboxylic acids is 1. The van der Waals surface area contributed by atoms with Gasteiger partial charge in [0.25, 0.3) is 12.3 Å². The number of aryl methyl sites for hydroxylation is 1. The molecule has 0 atom stereocenters. The largest absolute Gasteiger partial charge is 0.472 e. The normalized spacial score (nSPS) is 15.7.